The van der Waals surface area contributed by atoms with Crippen molar-refractivity contribution >= 4 is 17.5 Å². The molecule has 7 nitrogen and oxygen atoms in total. The molecular weight excluding hydrogens is 352 g/mol. The fourth-order valence-corrected chi connectivity index (χ4v) is 3.54. The molecule has 3 aromatic heterocycles. The van der Waals surface area contributed by atoms with E-state index in [9.17, 15) is 4.79 Å². The molecular formula is C21H22N6O. The number of rotatable bonds is 5. The number of likely N-dealkylation sites (tertiary alicyclic amines) is 1. The normalized spacial score (nSPS) is 16.6. The van der Waals surface area contributed by atoms with Crippen molar-refractivity contribution in [3.8, 4) is 0 Å². The molecule has 1 fully saturated rings. The van der Waals surface area contributed by atoms with Gasteiger partial charge in [-0.1, -0.05) is 12.1 Å². The Morgan fingerprint density at radius 3 is 2.82 bits per heavy atom. The number of nitrogens with one attached hydrogen (secondary N) is 1. The van der Waals surface area contributed by atoms with E-state index in [1.807, 2.05) is 41.3 Å². The largest absolute Gasteiger partial charge is 0.338 e. The third kappa shape index (κ3) is 4.49. The molecule has 0 radical (unpaired) electrons. The van der Waals surface area contributed by atoms with Gasteiger partial charge in [0.2, 0.25) is 0 Å². The van der Waals surface area contributed by atoms with Crippen LogP contribution in [0, 0.1) is 5.92 Å². The summed E-state index contributed by atoms with van der Waals surface area (Å²) in [4.78, 5) is 23.6. The topological polar surface area (TPSA) is 83.9 Å². The van der Waals surface area contributed by atoms with E-state index >= 15 is 0 Å². The van der Waals surface area contributed by atoms with Crippen molar-refractivity contribution < 1.29 is 4.79 Å². The van der Waals surface area contributed by atoms with Gasteiger partial charge in [-0.2, -0.15) is 10.2 Å². The number of anilines is 2. The Hall–Kier alpha value is -3.35. The van der Waals surface area contributed by atoms with Crippen LogP contribution in [-0.4, -0.2) is 44.1 Å². The second-order valence-electron chi connectivity index (χ2n) is 6.95. The van der Waals surface area contributed by atoms with Crippen LogP contribution in [0.25, 0.3) is 0 Å². The molecule has 0 aromatic carbocycles. The van der Waals surface area contributed by atoms with Gasteiger partial charge in [-0.15, -0.1) is 0 Å². The van der Waals surface area contributed by atoms with Crippen molar-refractivity contribution in [2.75, 3.05) is 18.4 Å². The summed E-state index contributed by atoms with van der Waals surface area (Å²) in [6.45, 7) is 1.52. The highest BCUT2D eigenvalue weighted by Gasteiger charge is 2.25. The predicted octanol–water partition coefficient (Wildman–Crippen LogP) is 3.11. The molecule has 28 heavy (non-hydrogen) atoms. The Morgan fingerprint density at radius 1 is 1.07 bits per heavy atom. The van der Waals surface area contributed by atoms with Gasteiger partial charge < -0.3 is 10.2 Å². The van der Waals surface area contributed by atoms with E-state index < -0.39 is 0 Å². The Labute approximate surface area is 163 Å². The van der Waals surface area contributed by atoms with Crippen molar-refractivity contribution in [2.24, 2.45) is 5.92 Å². The number of carbonyl (C=O) groups is 1. The van der Waals surface area contributed by atoms with Crippen LogP contribution < -0.4 is 5.32 Å². The summed E-state index contributed by atoms with van der Waals surface area (Å²) in [6.07, 6.45) is 7.77. The monoisotopic (exact) mass is 374 g/mol. The summed E-state index contributed by atoms with van der Waals surface area (Å²) in [6, 6.07) is 13.4. The second-order valence-corrected chi connectivity index (χ2v) is 6.95. The Balaban J connectivity index is 1.40. The number of carbonyl (C=O) groups excluding carboxylic acids is 1. The number of pyridine rings is 2. The van der Waals surface area contributed by atoms with E-state index in [1.165, 1.54) is 6.20 Å². The van der Waals surface area contributed by atoms with Crippen LogP contribution in [0.3, 0.4) is 0 Å². The van der Waals surface area contributed by atoms with Gasteiger partial charge in [0.15, 0.2) is 0 Å². The fraction of sp³-hybridized carbons (Fsp3) is 0.286. The van der Waals surface area contributed by atoms with Gasteiger partial charge in [-0.05, 0) is 55.5 Å². The molecule has 0 saturated carbocycles. The lowest BCUT2D eigenvalue weighted by Gasteiger charge is -2.32. The molecule has 1 aliphatic heterocycles. The molecule has 0 bridgehead atoms. The smallest absolute Gasteiger partial charge is 0.255 e. The number of amides is 1. The first-order valence-electron chi connectivity index (χ1n) is 9.48. The fourth-order valence-electron chi connectivity index (χ4n) is 3.54. The Morgan fingerprint density at radius 2 is 2.00 bits per heavy atom. The van der Waals surface area contributed by atoms with Crippen LogP contribution in [0.4, 0.5) is 11.6 Å². The molecule has 1 N–H and O–H groups in total. The van der Waals surface area contributed by atoms with Crippen LogP contribution in [0.15, 0.2) is 61.1 Å². The van der Waals surface area contributed by atoms with Crippen LogP contribution in [0.1, 0.15) is 28.9 Å². The van der Waals surface area contributed by atoms with Crippen LogP contribution in [0.5, 0.6) is 0 Å². The van der Waals surface area contributed by atoms with E-state index in [1.54, 1.807) is 18.5 Å². The average molecular weight is 374 g/mol. The zero-order valence-electron chi connectivity index (χ0n) is 15.5. The molecule has 0 spiro atoms. The lowest BCUT2D eigenvalue weighted by atomic mass is 9.93. The lowest BCUT2D eigenvalue weighted by Crippen LogP contribution is -2.40. The summed E-state index contributed by atoms with van der Waals surface area (Å²) in [5.74, 6) is 1.97. The SMILES string of the molecule is O=C(c1ccnnc1)N1CCCC(Cc2cccc(Nc3ccccn3)n2)C1. The quantitative estimate of drug-likeness (QED) is 0.739. The Kier molecular flexibility index (Phi) is 5.51. The molecule has 1 amide bonds. The van der Waals surface area contributed by atoms with E-state index in [-0.39, 0.29) is 5.91 Å². The van der Waals surface area contributed by atoms with Crippen molar-refractivity contribution in [3.05, 3.63) is 72.3 Å². The van der Waals surface area contributed by atoms with Gasteiger partial charge in [0.1, 0.15) is 11.6 Å². The minimum Gasteiger partial charge on any atom is -0.338 e. The minimum absolute atomic E-state index is 0.0260. The van der Waals surface area contributed by atoms with Crippen LogP contribution in [0.2, 0.25) is 0 Å². The maximum Gasteiger partial charge on any atom is 0.255 e. The van der Waals surface area contributed by atoms with Gasteiger partial charge in [-0.25, -0.2) is 9.97 Å². The maximum atomic E-state index is 12.7. The molecule has 1 saturated heterocycles. The molecule has 1 unspecified atom stereocenters. The highest BCUT2D eigenvalue weighted by Crippen LogP contribution is 2.22. The first-order chi connectivity index (χ1) is 13.8. The van der Waals surface area contributed by atoms with Gasteiger partial charge in [0.25, 0.3) is 5.91 Å². The van der Waals surface area contributed by atoms with E-state index in [2.05, 4.69) is 20.5 Å². The standard InChI is InChI=1S/C21H22N6O/c28-21(17-9-11-23-24-14-17)27-12-4-5-16(15-27)13-18-6-3-8-20(25-18)26-19-7-1-2-10-22-19/h1-3,6-11,14,16H,4-5,12-13,15H2,(H,22,25,26). The van der Waals surface area contributed by atoms with Gasteiger partial charge in [0, 0.05) is 25.0 Å². The second kappa shape index (κ2) is 8.56. The molecule has 1 aliphatic rings. The predicted molar refractivity (Wildman–Crippen MR) is 106 cm³/mol. The summed E-state index contributed by atoms with van der Waals surface area (Å²) >= 11 is 0. The third-order valence-electron chi connectivity index (χ3n) is 4.86. The molecule has 1 atom stereocenters. The molecule has 4 rings (SSSR count). The van der Waals surface area contributed by atoms with Crippen LogP contribution >= 0.6 is 0 Å². The summed E-state index contributed by atoms with van der Waals surface area (Å²) in [5.41, 5.74) is 1.61. The zero-order valence-corrected chi connectivity index (χ0v) is 15.5. The highest BCUT2D eigenvalue weighted by atomic mass is 16.2. The van der Waals surface area contributed by atoms with E-state index in [4.69, 9.17) is 4.98 Å². The van der Waals surface area contributed by atoms with E-state index in [0.717, 1.165) is 49.7 Å². The number of aromatic nitrogens is 4. The molecule has 3 aromatic rings. The first-order valence-corrected chi connectivity index (χ1v) is 9.48. The van der Waals surface area contributed by atoms with Crippen molar-refractivity contribution in [1.29, 1.82) is 0 Å². The number of hydrogen-bond donors (Lipinski definition) is 1. The van der Waals surface area contributed by atoms with E-state index in [0.29, 0.717) is 11.5 Å². The van der Waals surface area contributed by atoms with Gasteiger partial charge in [-0.3, -0.25) is 4.79 Å². The van der Waals surface area contributed by atoms with Gasteiger partial charge >= 0.3 is 0 Å². The van der Waals surface area contributed by atoms with Crippen LogP contribution in [-0.2, 0) is 6.42 Å². The van der Waals surface area contributed by atoms with Gasteiger partial charge in [0.05, 0.1) is 18.0 Å². The third-order valence-corrected chi connectivity index (χ3v) is 4.86. The lowest BCUT2D eigenvalue weighted by molar-refractivity contribution is 0.0672. The summed E-state index contributed by atoms with van der Waals surface area (Å²) in [5, 5.41) is 10.8. The zero-order chi connectivity index (χ0) is 19.2. The summed E-state index contributed by atoms with van der Waals surface area (Å²) < 4.78 is 0. The molecule has 0 aliphatic carbocycles. The number of nitrogens with zero attached hydrogens (tertiary/aromatic N) is 5. The van der Waals surface area contributed by atoms with Crippen molar-refractivity contribution in [2.45, 2.75) is 19.3 Å². The molecule has 4 heterocycles. The average Bonchev–Trinajstić information content (AvgIpc) is 2.75. The minimum atomic E-state index is 0.0260. The van der Waals surface area contributed by atoms with Crippen molar-refractivity contribution in [1.82, 2.24) is 25.1 Å². The molecule has 142 valence electrons. The molecule has 7 heteroatoms. The Bertz CT molecular complexity index is 918. The number of piperidine rings is 1. The van der Waals surface area contributed by atoms with Crippen molar-refractivity contribution in [3.63, 3.8) is 0 Å². The highest BCUT2D eigenvalue weighted by molar-refractivity contribution is 5.93. The first kappa shape index (κ1) is 18.0. The summed E-state index contributed by atoms with van der Waals surface area (Å²) in [7, 11) is 0. The maximum absolute atomic E-state index is 12.7. The number of hydrogen-bond acceptors (Lipinski definition) is 6.